The van der Waals surface area contributed by atoms with Crippen molar-refractivity contribution in [2.75, 3.05) is 11.9 Å². The Balaban J connectivity index is 1.27. The molecule has 5 nitrogen and oxygen atoms in total. The normalized spacial score (nSPS) is 11.0. The maximum absolute atomic E-state index is 4.65. The lowest BCUT2D eigenvalue weighted by Crippen LogP contribution is -2.06. The Hall–Kier alpha value is -4.12. The van der Waals surface area contributed by atoms with Gasteiger partial charge in [0.2, 0.25) is 0 Å². The highest BCUT2D eigenvalue weighted by molar-refractivity contribution is 5.93. The molecule has 0 radical (unpaired) electrons. The zero-order valence-corrected chi connectivity index (χ0v) is 18.8. The van der Waals surface area contributed by atoms with Crippen LogP contribution in [0.1, 0.15) is 17.0 Å². The van der Waals surface area contributed by atoms with Crippen molar-refractivity contribution in [2.45, 2.75) is 20.3 Å². The lowest BCUT2D eigenvalue weighted by molar-refractivity contribution is 1.01. The van der Waals surface area contributed by atoms with Gasteiger partial charge in [-0.3, -0.25) is 15.0 Å². The number of hydrogen-bond acceptors (Lipinski definition) is 5. The minimum atomic E-state index is 0.795. The van der Waals surface area contributed by atoms with Gasteiger partial charge in [0.25, 0.3) is 0 Å². The van der Waals surface area contributed by atoms with E-state index in [1.807, 2.05) is 56.8 Å². The Bertz CT molecular complexity index is 1390. The predicted molar refractivity (Wildman–Crippen MR) is 134 cm³/mol. The fourth-order valence-corrected chi connectivity index (χ4v) is 3.90. The average Bonchev–Trinajstić information content (AvgIpc) is 2.85. The van der Waals surface area contributed by atoms with E-state index in [2.05, 4.69) is 67.7 Å². The molecule has 4 heterocycles. The summed E-state index contributed by atoms with van der Waals surface area (Å²) in [6, 6.07) is 21.0. The molecule has 0 fully saturated rings. The van der Waals surface area contributed by atoms with Gasteiger partial charge in [-0.15, -0.1) is 0 Å². The lowest BCUT2D eigenvalue weighted by Gasteiger charge is -2.10. The molecule has 5 rings (SSSR count). The average molecular weight is 432 g/mol. The highest BCUT2D eigenvalue weighted by Crippen LogP contribution is 2.25. The molecule has 0 aliphatic carbocycles. The SMILES string of the molecule is Cc1ccc(-c2cc3ccnc(NCCc4ccc(-c5ccnc(C)c5)cc4)c3cn2)cn1. The van der Waals surface area contributed by atoms with Crippen molar-refractivity contribution in [3.8, 4) is 22.4 Å². The summed E-state index contributed by atoms with van der Waals surface area (Å²) >= 11 is 0. The van der Waals surface area contributed by atoms with E-state index < -0.39 is 0 Å². The summed E-state index contributed by atoms with van der Waals surface area (Å²) in [6.45, 7) is 4.79. The summed E-state index contributed by atoms with van der Waals surface area (Å²) in [5.74, 6) is 0.859. The Morgan fingerprint density at radius 1 is 0.667 bits per heavy atom. The quantitative estimate of drug-likeness (QED) is 0.356. The lowest BCUT2D eigenvalue weighted by atomic mass is 10.0. The van der Waals surface area contributed by atoms with Crippen LogP contribution in [-0.2, 0) is 6.42 Å². The molecule has 5 heteroatoms. The van der Waals surface area contributed by atoms with E-state index in [4.69, 9.17) is 0 Å². The Morgan fingerprint density at radius 2 is 1.48 bits per heavy atom. The number of pyridine rings is 4. The van der Waals surface area contributed by atoms with Crippen molar-refractivity contribution >= 4 is 16.6 Å². The van der Waals surface area contributed by atoms with Crippen LogP contribution in [-0.4, -0.2) is 26.5 Å². The third-order valence-corrected chi connectivity index (χ3v) is 5.75. The zero-order valence-electron chi connectivity index (χ0n) is 18.8. The van der Waals surface area contributed by atoms with Crippen LogP contribution in [0.5, 0.6) is 0 Å². The number of nitrogens with one attached hydrogen (secondary N) is 1. The minimum Gasteiger partial charge on any atom is -0.369 e. The number of anilines is 1. The molecular weight excluding hydrogens is 406 g/mol. The first-order valence-electron chi connectivity index (χ1n) is 11.1. The third-order valence-electron chi connectivity index (χ3n) is 5.75. The van der Waals surface area contributed by atoms with E-state index in [-0.39, 0.29) is 0 Å². The second-order valence-corrected chi connectivity index (χ2v) is 8.20. The summed E-state index contributed by atoms with van der Waals surface area (Å²) in [5, 5.41) is 5.61. The molecule has 1 N–H and O–H groups in total. The molecule has 33 heavy (non-hydrogen) atoms. The fraction of sp³-hybridized carbons (Fsp3) is 0.143. The number of hydrogen-bond donors (Lipinski definition) is 1. The van der Waals surface area contributed by atoms with Crippen molar-refractivity contribution in [1.82, 2.24) is 19.9 Å². The summed E-state index contributed by atoms with van der Waals surface area (Å²) in [7, 11) is 0. The molecule has 0 saturated heterocycles. The second kappa shape index (κ2) is 9.17. The van der Waals surface area contributed by atoms with Crippen LogP contribution >= 0.6 is 0 Å². The van der Waals surface area contributed by atoms with Gasteiger partial charge in [-0.25, -0.2) is 4.98 Å². The smallest absolute Gasteiger partial charge is 0.135 e. The number of rotatable bonds is 6. The van der Waals surface area contributed by atoms with E-state index in [9.17, 15) is 0 Å². The molecule has 0 bridgehead atoms. The van der Waals surface area contributed by atoms with Gasteiger partial charge in [-0.1, -0.05) is 24.3 Å². The molecule has 0 aliphatic rings. The number of nitrogens with zero attached hydrogens (tertiary/aromatic N) is 4. The maximum atomic E-state index is 4.65. The summed E-state index contributed by atoms with van der Waals surface area (Å²) < 4.78 is 0. The van der Waals surface area contributed by atoms with Crippen molar-refractivity contribution in [3.05, 3.63) is 102 Å². The van der Waals surface area contributed by atoms with Crippen molar-refractivity contribution in [1.29, 1.82) is 0 Å². The van der Waals surface area contributed by atoms with E-state index in [1.165, 1.54) is 16.7 Å². The topological polar surface area (TPSA) is 63.6 Å². The number of fused-ring (bicyclic) bond motifs is 1. The first-order chi connectivity index (χ1) is 16.2. The largest absolute Gasteiger partial charge is 0.369 e. The third kappa shape index (κ3) is 4.72. The standard InChI is InChI=1S/C28H25N5/c1-19-3-6-25(17-32-19)27-16-24-11-14-31-28(26(24)18-33-27)30-12-9-21-4-7-22(8-5-21)23-10-13-29-20(2)15-23/h3-8,10-11,13-18H,9,12H2,1-2H3,(H,30,31). The molecule has 0 unspecified atom stereocenters. The van der Waals surface area contributed by atoms with Crippen molar-refractivity contribution < 1.29 is 0 Å². The van der Waals surface area contributed by atoms with Crippen LogP contribution in [0, 0.1) is 13.8 Å². The fourth-order valence-electron chi connectivity index (χ4n) is 3.90. The molecule has 1 aromatic carbocycles. The van der Waals surface area contributed by atoms with Crippen LogP contribution in [0.4, 0.5) is 5.82 Å². The van der Waals surface area contributed by atoms with E-state index in [1.54, 1.807) is 0 Å². The van der Waals surface area contributed by atoms with Crippen molar-refractivity contribution in [2.24, 2.45) is 0 Å². The van der Waals surface area contributed by atoms with E-state index >= 15 is 0 Å². The Kier molecular flexibility index (Phi) is 5.77. The van der Waals surface area contributed by atoms with Crippen LogP contribution in [0.25, 0.3) is 33.2 Å². The van der Waals surface area contributed by atoms with E-state index in [0.29, 0.717) is 0 Å². The molecule has 0 atom stereocenters. The molecule has 0 spiro atoms. The van der Waals surface area contributed by atoms with Crippen LogP contribution in [0.3, 0.4) is 0 Å². The van der Waals surface area contributed by atoms with Crippen molar-refractivity contribution in [3.63, 3.8) is 0 Å². The van der Waals surface area contributed by atoms with Crippen LogP contribution < -0.4 is 5.32 Å². The van der Waals surface area contributed by atoms with Gasteiger partial charge >= 0.3 is 0 Å². The second-order valence-electron chi connectivity index (χ2n) is 8.20. The van der Waals surface area contributed by atoms with Gasteiger partial charge in [0.15, 0.2) is 0 Å². The van der Waals surface area contributed by atoms with Crippen LogP contribution in [0.15, 0.2) is 85.5 Å². The van der Waals surface area contributed by atoms with Gasteiger partial charge in [-0.05, 0) is 78.7 Å². The van der Waals surface area contributed by atoms with Gasteiger partial charge in [0.1, 0.15) is 5.82 Å². The monoisotopic (exact) mass is 431 g/mol. The molecule has 0 saturated carbocycles. The molecule has 162 valence electrons. The highest BCUT2D eigenvalue weighted by Gasteiger charge is 2.07. The van der Waals surface area contributed by atoms with Gasteiger partial charge < -0.3 is 5.32 Å². The number of aryl methyl sites for hydroxylation is 2. The van der Waals surface area contributed by atoms with Crippen LogP contribution in [0.2, 0.25) is 0 Å². The van der Waals surface area contributed by atoms with Gasteiger partial charge in [0.05, 0.1) is 5.69 Å². The number of benzene rings is 1. The molecule has 0 aliphatic heterocycles. The summed E-state index contributed by atoms with van der Waals surface area (Å²) in [6.07, 6.45) is 8.37. The maximum Gasteiger partial charge on any atom is 0.135 e. The molecule has 4 aromatic heterocycles. The first kappa shape index (κ1) is 20.8. The summed E-state index contributed by atoms with van der Waals surface area (Å²) in [5.41, 5.74) is 7.64. The Morgan fingerprint density at radius 3 is 2.27 bits per heavy atom. The number of aromatic nitrogens is 4. The molecule has 0 amide bonds. The zero-order chi connectivity index (χ0) is 22.6. The first-order valence-corrected chi connectivity index (χ1v) is 11.1. The minimum absolute atomic E-state index is 0.795. The highest BCUT2D eigenvalue weighted by atomic mass is 15.0. The molecular formula is C28H25N5. The predicted octanol–water partition coefficient (Wildman–Crippen LogP) is 6.03. The van der Waals surface area contributed by atoms with Gasteiger partial charge in [-0.2, -0.15) is 0 Å². The van der Waals surface area contributed by atoms with Gasteiger partial charge in [0, 0.05) is 53.7 Å². The summed E-state index contributed by atoms with van der Waals surface area (Å²) in [4.78, 5) is 17.9. The molecule has 5 aromatic rings. The Labute approximate surface area is 193 Å². The van der Waals surface area contributed by atoms with E-state index in [0.717, 1.165) is 52.2 Å².